The van der Waals surface area contributed by atoms with E-state index in [4.69, 9.17) is 5.14 Å². The van der Waals surface area contributed by atoms with Crippen LogP contribution in [0.25, 0.3) is 0 Å². The fraction of sp³-hybridized carbons (Fsp3) is 0.182. The topological polar surface area (TPSA) is 118 Å². The molecule has 0 radical (unpaired) electrons. The number of nitrogens with two attached hydrogens (primary N) is 1. The molecule has 0 aliphatic heterocycles. The van der Waals surface area contributed by atoms with Crippen LogP contribution >= 0.6 is 11.3 Å². The van der Waals surface area contributed by atoms with Gasteiger partial charge in [-0.1, -0.05) is 48.5 Å². The van der Waals surface area contributed by atoms with Gasteiger partial charge in [0.2, 0.25) is 15.9 Å². The molecule has 0 unspecified atom stereocenters. The van der Waals surface area contributed by atoms with Crippen molar-refractivity contribution in [2.24, 2.45) is 5.14 Å². The van der Waals surface area contributed by atoms with E-state index in [0.29, 0.717) is 24.3 Å². The summed E-state index contributed by atoms with van der Waals surface area (Å²) in [7, 11) is -3.73. The average Bonchev–Trinajstić information content (AvgIpc) is 3.29. The van der Waals surface area contributed by atoms with Gasteiger partial charge in [0, 0.05) is 13.0 Å². The number of benzene rings is 2. The molecule has 4 N–H and O–H groups in total. The molecule has 0 aliphatic rings. The molecular formula is C22H23N3O4S2. The number of sulfonamides is 1. The molecule has 3 aromatic rings. The van der Waals surface area contributed by atoms with Crippen LogP contribution in [0, 0.1) is 0 Å². The second-order valence-electron chi connectivity index (χ2n) is 6.92. The maximum absolute atomic E-state index is 12.8. The highest BCUT2D eigenvalue weighted by Crippen LogP contribution is 2.11. The standard InChI is InChI=1S/C22H23N3O4S2/c23-31(28,29)18-10-8-16(9-11-18)12-13-24-21(26)19(15-17-5-2-1-3-6-17)25-22(27)20-7-4-14-30-20/h1-11,14,19H,12-13,15H2,(H,24,26)(H,25,27)(H2,23,28,29)/t19-/m0/s1. The van der Waals surface area contributed by atoms with E-state index in [2.05, 4.69) is 10.6 Å². The zero-order valence-electron chi connectivity index (χ0n) is 16.7. The van der Waals surface area contributed by atoms with E-state index in [-0.39, 0.29) is 16.7 Å². The van der Waals surface area contributed by atoms with Gasteiger partial charge in [0.05, 0.1) is 9.77 Å². The van der Waals surface area contributed by atoms with Crippen molar-refractivity contribution in [3.05, 3.63) is 88.1 Å². The molecule has 2 amide bonds. The van der Waals surface area contributed by atoms with Gasteiger partial charge in [-0.15, -0.1) is 11.3 Å². The summed E-state index contributed by atoms with van der Waals surface area (Å²) in [5, 5.41) is 12.6. The monoisotopic (exact) mass is 457 g/mol. The largest absolute Gasteiger partial charge is 0.354 e. The molecular weight excluding hydrogens is 434 g/mol. The number of rotatable bonds is 9. The van der Waals surface area contributed by atoms with Crippen molar-refractivity contribution in [2.45, 2.75) is 23.8 Å². The number of primary sulfonamides is 1. The van der Waals surface area contributed by atoms with Gasteiger partial charge in [-0.05, 0) is 41.1 Å². The Morgan fingerprint density at radius 2 is 1.65 bits per heavy atom. The molecule has 0 spiro atoms. The summed E-state index contributed by atoms with van der Waals surface area (Å²) in [6.07, 6.45) is 0.875. The smallest absolute Gasteiger partial charge is 0.262 e. The second kappa shape index (κ2) is 10.3. The quantitative estimate of drug-likeness (QED) is 0.456. The molecule has 0 fully saturated rings. The predicted octanol–water partition coefficient (Wildman–Crippen LogP) is 2.10. The van der Waals surface area contributed by atoms with Crippen LogP contribution in [-0.4, -0.2) is 32.8 Å². The molecule has 0 aliphatic carbocycles. The van der Waals surface area contributed by atoms with Gasteiger partial charge in [-0.25, -0.2) is 13.6 Å². The lowest BCUT2D eigenvalue weighted by atomic mass is 10.0. The molecule has 0 saturated carbocycles. The van der Waals surface area contributed by atoms with E-state index >= 15 is 0 Å². The summed E-state index contributed by atoms with van der Waals surface area (Å²) in [5.74, 6) is -0.570. The molecule has 0 bridgehead atoms. The molecule has 0 saturated heterocycles. The lowest BCUT2D eigenvalue weighted by molar-refractivity contribution is -0.122. The highest BCUT2D eigenvalue weighted by Gasteiger charge is 2.22. The first kappa shape index (κ1) is 22.7. The van der Waals surface area contributed by atoms with Crippen LogP contribution in [0.1, 0.15) is 20.8 Å². The van der Waals surface area contributed by atoms with Gasteiger partial charge >= 0.3 is 0 Å². The third kappa shape index (κ3) is 6.74. The molecule has 1 atom stereocenters. The number of amides is 2. The lowest BCUT2D eigenvalue weighted by Crippen LogP contribution is -2.48. The minimum absolute atomic E-state index is 0.0412. The average molecular weight is 458 g/mol. The molecule has 1 aromatic heterocycles. The van der Waals surface area contributed by atoms with E-state index in [1.807, 2.05) is 35.7 Å². The van der Waals surface area contributed by atoms with E-state index in [1.54, 1.807) is 24.3 Å². The van der Waals surface area contributed by atoms with Crippen LogP contribution in [0.15, 0.2) is 77.0 Å². The fourth-order valence-electron chi connectivity index (χ4n) is 3.00. The van der Waals surface area contributed by atoms with Crippen LogP contribution in [0.4, 0.5) is 0 Å². The Morgan fingerprint density at radius 3 is 2.26 bits per heavy atom. The Balaban J connectivity index is 1.61. The summed E-state index contributed by atoms with van der Waals surface area (Å²) in [6.45, 7) is 0.341. The van der Waals surface area contributed by atoms with Gasteiger partial charge in [-0.2, -0.15) is 0 Å². The third-order valence-corrected chi connectivity index (χ3v) is 6.41. The van der Waals surface area contributed by atoms with Crippen molar-refractivity contribution in [1.82, 2.24) is 10.6 Å². The summed E-state index contributed by atoms with van der Waals surface area (Å²) >= 11 is 1.31. The highest BCUT2D eigenvalue weighted by molar-refractivity contribution is 7.89. The number of hydrogen-bond donors (Lipinski definition) is 3. The van der Waals surface area contributed by atoms with Crippen LogP contribution in [0.3, 0.4) is 0 Å². The van der Waals surface area contributed by atoms with Gasteiger partial charge in [0.25, 0.3) is 5.91 Å². The Morgan fingerprint density at radius 1 is 0.935 bits per heavy atom. The Bertz CT molecular complexity index is 1110. The number of carbonyl (C=O) groups excluding carboxylic acids is 2. The van der Waals surface area contributed by atoms with E-state index in [1.165, 1.54) is 23.5 Å². The van der Waals surface area contributed by atoms with E-state index < -0.39 is 16.1 Å². The third-order valence-electron chi connectivity index (χ3n) is 4.61. The second-order valence-corrected chi connectivity index (χ2v) is 9.43. The minimum Gasteiger partial charge on any atom is -0.354 e. The molecule has 31 heavy (non-hydrogen) atoms. The zero-order chi connectivity index (χ0) is 22.3. The minimum atomic E-state index is -3.73. The lowest BCUT2D eigenvalue weighted by Gasteiger charge is -2.18. The molecule has 9 heteroatoms. The van der Waals surface area contributed by atoms with Gasteiger partial charge < -0.3 is 10.6 Å². The van der Waals surface area contributed by atoms with Gasteiger partial charge in [0.15, 0.2) is 0 Å². The Kier molecular flexibility index (Phi) is 7.56. The normalized spacial score (nSPS) is 12.2. The zero-order valence-corrected chi connectivity index (χ0v) is 18.3. The summed E-state index contributed by atoms with van der Waals surface area (Å²) in [6, 6.07) is 18.4. The first-order valence-corrected chi connectivity index (χ1v) is 12.0. The van der Waals surface area contributed by atoms with Crippen molar-refractivity contribution in [3.63, 3.8) is 0 Å². The van der Waals surface area contributed by atoms with E-state index in [0.717, 1.165) is 11.1 Å². The van der Waals surface area contributed by atoms with Crippen LogP contribution in [0.2, 0.25) is 0 Å². The van der Waals surface area contributed by atoms with Crippen LogP contribution < -0.4 is 15.8 Å². The van der Waals surface area contributed by atoms with Crippen molar-refractivity contribution < 1.29 is 18.0 Å². The predicted molar refractivity (Wildman–Crippen MR) is 120 cm³/mol. The van der Waals surface area contributed by atoms with Gasteiger partial charge in [0.1, 0.15) is 6.04 Å². The number of carbonyl (C=O) groups is 2. The van der Waals surface area contributed by atoms with E-state index in [9.17, 15) is 18.0 Å². The first-order chi connectivity index (χ1) is 14.8. The molecule has 3 rings (SSSR count). The maximum Gasteiger partial charge on any atom is 0.262 e. The molecule has 162 valence electrons. The Labute approximate surface area is 185 Å². The highest BCUT2D eigenvalue weighted by atomic mass is 32.2. The number of hydrogen-bond acceptors (Lipinski definition) is 5. The summed E-state index contributed by atoms with van der Waals surface area (Å²) in [4.78, 5) is 25.9. The molecule has 1 heterocycles. The van der Waals surface area contributed by atoms with Gasteiger partial charge in [-0.3, -0.25) is 9.59 Å². The number of thiophene rings is 1. The van der Waals surface area contributed by atoms with Crippen molar-refractivity contribution in [1.29, 1.82) is 0 Å². The summed E-state index contributed by atoms with van der Waals surface area (Å²) in [5.41, 5.74) is 1.79. The maximum atomic E-state index is 12.8. The number of nitrogens with one attached hydrogen (secondary N) is 2. The fourth-order valence-corrected chi connectivity index (χ4v) is 4.14. The van der Waals surface area contributed by atoms with Crippen LogP contribution in [-0.2, 0) is 27.7 Å². The first-order valence-electron chi connectivity index (χ1n) is 9.60. The molecule has 2 aromatic carbocycles. The SMILES string of the molecule is NS(=O)(=O)c1ccc(CCNC(=O)[C@H](Cc2ccccc2)NC(=O)c2cccs2)cc1. The summed E-state index contributed by atoms with van der Waals surface area (Å²) < 4.78 is 22.7. The van der Waals surface area contributed by atoms with Crippen molar-refractivity contribution in [3.8, 4) is 0 Å². The Hall–Kier alpha value is -3.01. The van der Waals surface area contributed by atoms with Crippen molar-refractivity contribution in [2.75, 3.05) is 6.54 Å². The van der Waals surface area contributed by atoms with Crippen molar-refractivity contribution >= 4 is 33.2 Å². The van der Waals surface area contributed by atoms with Crippen LogP contribution in [0.5, 0.6) is 0 Å². The molecule has 7 nitrogen and oxygen atoms in total.